The highest BCUT2D eigenvalue weighted by Gasteiger charge is 2.26. The van der Waals surface area contributed by atoms with Gasteiger partial charge in [-0.3, -0.25) is 9.59 Å². The summed E-state index contributed by atoms with van der Waals surface area (Å²) in [6, 6.07) is 0. The standard InChI is InChI=1S/C12H21BrN2O3/c13-5-2-11(17)15-7-3-10(4-8-15)12(18)14-6-1-9-16/h10,16H,1-9H2,(H,14,18). The number of nitrogens with one attached hydrogen (secondary N) is 1. The zero-order valence-electron chi connectivity index (χ0n) is 10.5. The number of rotatable bonds is 6. The Labute approximate surface area is 116 Å². The van der Waals surface area contributed by atoms with Crippen molar-refractivity contribution in [2.24, 2.45) is 5.92 Å². The van der Waals surface area contributed by atoms with E-state index in [0.717, 1.165) is 12.8 Å². The smallest absolute Gasteiger partial charge is 0.223 e. The largest absolute Gasteiger partial charge is 0.396 e. The van der Waals surface area contributed by atoms with Crippen molar-refractivity contribution in [3.63, 3.8) is 0 Å². The molecule has 0 saturated carbocycles. The predicted molar refractivity (Wildman–Crippen MR) is 72.4 cm³/mol. The first kappa shape index (κ1) is 15.4. The Kier molecular flexibility index (Phi) is 7.27. The average molecular weight is 321 g/mol. The van der Waals surface area contributed by atoms with Crippen LogP contribution in [0.5, 0.6) is 0 Å². The lowest BCUT2D eigenvalue weighted by Gasteiger charge is -2.31. The van der Waals surface area contributed by atoms with Gasteiger partial charge in [-0.1, -0.05) is 15.9 Å². The van der Waals surface area contributed by atoms with E-state index in [1.54, 1.807) is 0 Å². The van der Waals surface area contributed by atoms with E-state index in [1.165, 1.54) is 0 Å². The Bertz CT molecular complexity index is 278. The van der Waals surface area contributed by atoms with Gasteiger partial charge in [-0.2, -0.15) is 0 Å². The van der Waals surface area contributed by atoms with E-state index in [-0.39, 0.29) is 24.3 Å². The highest BCUT2D eigenvalue weighted by atomic mass is 79.9. The van der Waals surface area contributed by atoms with Gasteiger partial charge in [0.05, 0.1) is 0 Å². The van der Waals surface area contributed by atoms with E-state index < -0.39 is 0 Å². The van der Waals surface area contributed by atoms with Crippen LogP contribution >= 0.6 is 15.9 Å². The minimum atomic E-state index is 0.0108. The molecule has 0 aromatic rings. The van der Waals surface area contributed by atoms with Crippen LogP contribution in [0, 0.1) is 5.92 Å². The fourth-order valence-corrected chi connectivity index (χ4v) is 2.40. The van der Waals surface area contributed by atoms with Crippen LogP contribution in [0.1, 0.15) is 25.7 Å². The van der Waals surface area contributed by atoms with Crippen molar-refractivity contribution in [3.8, 4) is 0 Å². The number of hydrogen-bond donors (Lipinski definition) is 2. The Morgan fingerprint density at radius 1 is 1.33 bits per heavy atom. The monoisotopic (exact) mass is 320 g/mol. The molecular formula is C12H21BrN2O3. The van der Waals surface area contributed by atoms with Crippen molar-refractivity contribution in [3.05, 3.63) is 0 Å². The molecule has 0 aliphatic carbocycles. The topological polar surface area (TPSA) is 69.6 Å². The molecule has 6 heteroatoms. The lowest BCUT2D eigenvalue weighted by molar-refractivity contribution is -0.135. The van der Waals surface area contributed by atoms with Crippen LogP contribution in [0.15, 0.2) is 0 Å². The summed E-state index contributed by atoms with van der Waals surface area (Å²) in [7, 11) is 0. The summed E-state index contributed by atoms with van der Waals surface area (Å²) >= 11 is 3.25. The number of alkyl halides is 1. The van der Waals surface area contributed by atoms with Crippen LogP contribution in [0.4, 0.5) is 0 Å². The third kappa shape index (κ3) is 4.94. The van der Waals surface area contributed by atoms with Gasteiger partial charge in [0.15, 0.2) is 0 Å². The number of amides is 2. The predicted octanol–water partition coefficient (Wildman–Crippen LogP) is 0.509. The average Bonchev–Trinajstić information content (AvgIpc) is 2.39. The maximum absolute atomic E-state index is 11.8. The van der Waals surface area contributed by atoms with E-state index in [1.807, 2.05) is 4.90 Å². The van der Waals surface area contributed by atoms with Gasteiger partial charge >= 0.3 is 0 Å². The van der Waals surface area contributed by atoms with Crippen molar-refractivity contribution < 1.29 is 14.7 Å². The molecule has 1 fully saturated rings. The second-order valence-electron chi connectivity index (χ2n) is 4.46. The first-order chi connectivity index (χ1) is 8.69. The molecule has 1 heterocycles. The third-order valence-electron chi connectivity index (χ3n) is 3.16. The number of halogens is 1. The molecule has 0 spiro atoms. The minimum absolute atomic E-state index is 0.0108. The molecule has 0 radical (unpaired) electrons. The quantitative estimate of drug-likeness (QED) is 0.553. The highest BCUT2D eigenvalue weighted by molar-refractivity contribution is 9.09. The summed E-state index contributed by atoms with van der Waals surface area (Å²) in [5.41, 5.74) is 0. The number of likely N-dealkylation sites (tertiary alicyclic amines) is 1. The number of aliphatic hydroxyl groups is 1. The van der Waals surface area contributed by atoms with Crippen LogP contribution in [-0.2, 0) is 9.59 Å². The molecule has 104 valence electrons. The van der Waals surface area contributed by atoms with Crippen LogP contribution in [-0.4, -0.2) is 53.4 Å². The molecule has 5 nitrogen and oxygen atoms in total. The molecule has 1 aliphatic rings. The van der Waals surface area contributed by atoms with Gasteiger partial charge in [0.25, 0.3) is 0 Å². The van der Waals surface area contributed by atoms with E-state index >= 15 is 0 Å². The van der Waals surface area contributed by atoms with Gasteiger partial charge < -0.3 is 15.3 Å². The van der Waals surface area contributed by atoms with Gasteiger partial charge in [0.2, 0.25) is 11.8 Å². The van der Waals surface area contributed by atoms with Crippen molar-refractivity contribution in [2.45, 2.75) is 25.7 Å². The fourth-order valence-electron chi connectivity index (χ4n) is 2.07. The second kappa shape index (κ2) is 8.48. The van der Waals surface area contributed by atoms with Crippen LogP contribution < -0.4 is 5.32 Å². The molecular weight excluding hydrogens is 300 g/mol. The Morgan fingerprint density at radius 3 is 2.56 bits per heavy atom. The second-order valence-corrected chi connectivity index (χ2v) is 5.26. The summed E-state index contributed by atoms with van der Waals surface area (Å²) in [5.74, 6) is 0.221. The molecule has 2 amide bonds. The molecule has 0 bridgehead atoms. The molecule has 0 unspecified atom stereocenters. The summed E-state index contributed by atoms with van der Waals surface area (Å²) < 4.78 is 0. The van der Waals surface area contributed by atoms with Crippen molar-refractivity contribution in [1.29, 1.82) is 0 Å². The molecule has 0 aromatic carbocycles. The van der Waals surface area contributed by atoms with Gasteiger partial charge in [0.1, 0.15) is 0 Å². The summed E-state index contributed by atoms with van der Waals surface area (Å²) in [6.45, 7) is 1.96. The molecule has 1 aliphatic heterocycles. The summed E-state index contributed by atoms with van der Waals surface area (Å²) in [4.78, 5) is 25.3. The number of piperidine rings is 1. The normalized spacial score (nSPS) is 16.7. The van der Waals surface area contributed by atoms with Gasteiger partial charge in [0, 0.05) is 43.9 Å². The van der Waals surface area contributed by atoms with Gasteiger partial charge in [-0.25, -0.2) is 0 Å². The van der Waals surface area contributed by atoms with Gasteiger partial charge in [-0.05, 0) is 19.3 Å². The first-order valence-corrected chi connectivity index (χ1v) is 7.53. The molecule has 18 heavy (non-hydrogen) atoms. The van der Waals surface area contributed by atoms with E-state index in [2.05, 4.69) is 21.2 Å². The number of nitrogens with zero attached hydrogens (tertiary/aromatic N) is 1. The number of carbonyl (C=O) groups is 2. The zero-order chi connectivity index (χ0) is 13.4. The van der Waals surface area contributed by atoms with Crippen molar-refractivity contribution >= 4 is 27.7 Å². The van der Waals surface area contributed by atoms with Crippen molar-refractivity contribution in [2.75, 3.05) is 31.6 Å². The zero-order valence-corrected chi connectivity index (χ0v) is 12.1. The minimum Gasteiger partial charge on any atom is -0.396 e. The number of carbonyl (C=O) groups excluding carboxylic acids is 2. The van der Waals surface area contributed by atoms with E-state index in [9.17, 15) is 9.59 Å². The third-order valence-corrected chi connectivity index (χ3v) is 3.56. The highest BCUT2D eigenvalue weighted by Crippen LogP contribution is 2.18. The van der Waals surface area contributed by atoms with E-state index in [0.29, 0.717) is 37.8 Å². The Balaban J connectivity index is 2.26. The molecule has 1 saturated heterocycles. The number of hydrogen-bond acceptors (Lipinski definition) is 3. The van der Waals surface area contributed by atoms with Gasteiger partial charge in [-0.15, -0.1) is 0 Å². The Morgan fingerprint density at radius 2 is 2.00 bits per heavy atom. The van der Waals surface area contributed by atoms with Crippen LogP contribution in [0.25, 0.3) is 0 Å². The maximum atomic E-state index is 11.8. The fraction of sp³-hybridized carbons (Fsp3) is 0.833. The van der Waals surface area contributed by atoms with E-state index in [4.69, 9.17) is 5.11 Å². The lowest BCUT2D eigenvalue weighted by Crippen LogP contribution is -2.43. The van der Waals surface area contributed by atoms with Crippen LogP contribution in [0.2, 0.25) is 0 Å². The lowest BCUT2D eigenvalue weighted by atomic mass is 9.95. The van der Waals surface area contributed by atoms with Crippen molar-refractivity contribution in [1.82, 2.24) is 10.2 Å². The first-order valence-electron chi connectivity index (χ1n) is 6.41. The maximum Gasteiger partial charge on any atom is 0.223 e. The molecule has 1 rings (SSSR count). The molecule has 0 aromatic heterocycles. The summed E-state index contributed by atoms with van der Waals surface area (Å²) in [6.07, 6.45) is 2.58. The number of aliphatic hydroxyl groups excluding tert-OH is 1. The SMILES string of the molecule is O=C(NCCCO)C1CCN(C(=O)CCBr)CC1. The molecule has 0 atom stereocenters. The Hall–Kier alpha value is -0.620. The van der Waals surface area contributed by atoms with Crippen LogP contribution in [0.3, 0.4) is 0 Å². The molecule has 2 N–H and O–H groups in total. The summed E-state index contributed by atoms with van der Waals surface area (Å²) in [5, 5.41) is 12.1.